The molecule has 0 N–H and O–H groups in total. The molecule has 0 spiro atoms. The van der Waals surface area contributed by atoms with E-state index >= 15 is 0 Å². The Hall–Kier alpha value is -2.17. The van der Waals surface area contributed by atoms with Crippen LogP contribution < -0.4 is 5.56 Å². The summed E-state index contributed by atoms with van der Waals surface area (Å²) < 4.78 is 6.19. The maximum atomic E-state index is 11.2. The summed E-state index contributed by atoms with van der Waals surface area (Å²) in [7, 11) is 0. The molecule has 1 aromatic heterocycles. The van der Waals surface area contributed by atoms with Crippen molar-refractivity contribution >= 4 is 12.3 Å². The van der Waals surface area contributed by atoms with Crippen molar-refractivity contribution in [3.05, 3.63) is 46.9 Å². The van der Waals surface area contributed by atoms with Crippen LogP contribution in [0.4, 0.5) is 0 Å². The molecule has 0 radical (unpaired) electrons. The van der Waals surface area contributed by atoms with E-state index in [1.54, 1.807) is 18.3 Å². The number of pyridine rings is 1. The molecule has 5 heteroatoms. The van der Waals surface area contributed by atoms with Crippen molar-refractivity contribution in [2.75, 3.05) is 6.61 Å². The molecule has 1 heterocycles. The third kappa shape index (κ3) is 3.91. The van der Waals surface area contributed by atoms with Crippen LogP contribution >= 0.6 is 0 Å². The number of aromatic nitrogens is 1. The van der Waals surface area contributed by atoms with E-state index in [0.717, 1.165) is 12.2 Å². The molecule has 1 rings (SSSR count). The second kappa shape index (κ2) is 6.34. The molecule has 0 unspecified atom stereocenters. The molecule has 5 nitrogen and oxygen atoms in total. The zero-order chi connectivity index (χ0) is 11.8. The van der Waals surface area contributed by atoms with Crippen molar-refractivity contribution in [1.82, 2.24) is 4.57 Å². The Morgan fingerprint density at radius 3 is 2.94 bits per heavy atom. The number of carbonyl (C=O) groups is 2. The molecule has 84 valence electrons. The number of nitrogens with zero attached hydrogens (tertiary/aromatic N) is 1. The second-order valence-electron chi connectivity index (χ2n) is 2.89. The van der Waals surface area contributed by atoms with Crippen molar-refractivity contribution in [3.63, 3.8) is 0 Å². The number of rotatable bonds is 5. The highest BCUT2D eigenvalue weighted by Gasteiger charge is 1.97. The number of esters is 1. The molecule has 0 bridgehead atoms. The van der Waals surface area contributed by atoms with Crippen LogP contribution in [0.15, 0.2) is 41.3 Å². The molecule has 0 atom stereocenters. The van der Waals surface area contributed by atoms with Gasteiger partial charge in [-0.15, -0.1) is 0 Å². The third-order valence-corrected chi connectivity index (χ3v) is 1.79. The van der Waals surface area contributed by atoms with Gasteiger partial charge in [0.25, 0.3) is 5.56 Å². The van der Waals surface area contributed by atoms with Gasteiger partial charge in [-0.25, -0.2) is 4.79 Å². The SMILES string of the molecule is O=C/C=C/C(=O)OCCn1ccccc1=O. The summed E-state index contributed by atoms with van der Waals surface area (Å²) in [4.78, 5) is 32.1. The molecule has 16 heavy (non-hydrogen) atoms. The van der Waals surface area contributed by atoms with Gasteiger partial charge in [-0.3, -0.25) is 9.59 Å². The van der Waals surface area contributed by atoms with Crippen LogP contribution in [0.1, 0.15) is 0 Å². The smallest absolute Gasteiger partial charge is 0.330 e. The van der Waals surface area contributed by atoms with E-state index in [0.29, 0.717) is 12.8 Å². The minimum absolute atomic E-state index is 0.0892. The molecule has 0 fully saturated rings. The van der Waals surface area contributed by atoms with E-state index in [2.05, 4.69) is 0 Å². The topological polar surface area (TPSA) is 65.4 Å². The largest absolute Gasteiger partial charge is 0.461 e. The zero-order valence-corrected chi connectivity index (χ0v) is 8.54. The Bertz CT molecular complexity index is 447. The maximum absolute atomic E-state index is 11.2. The van der Waals surface area contributed by atoms with Crippen LogP contribution in [0.25, 0.3) is 0 Å². The highest BCUT2D eigenvalue weighted by Crippen LogP contribution is 1.86. The Morgan fingerprint density at radius 1 is 1.44 bits per heavy atom. The Kier molecular flexibility index (Phi) is 4.72. The number of hydrogen-bond donors (Lipinski definition) is 0. The molecule has 0 aliphatic rings. The summed E-state index contributed by atoms with van der Waals surface area (Å²) >= 11 is 0. The Morgan fingerprint density at radius 2 is 2.25 bits per heavy atom. The molecule has 0 saturated heterocycles. The zero-order valence-electron chi connectivity index (χ0n) is 8.54. The van der Waals surface area contributed by atoms with Crippen LogP contribution in [0, 0.1) is 0 Å². The summed E-state index contributed by atoms with van der Waals surface area (Å²) in [6.45, 7) is 0.381. The fourth-order valence-electron chi connectivity index (χ4n) is 1.06. The first kappa shape index (κ1) is 11.9. The molecule has 0 aliphatic heterocycles. The van der Waals surface area contributed by atoms with E-state index in [1.165, 1.54) is 10.6 Å². The average Bonchev–Trinajstić information content (AvgIpc) is 2.29. The summed E-state index contributed by atoms with van der Waals surface area (Å²) in [5.41, 5.74) is -0.151. The molecule has 0 saturated carbocycles. The predicted octanol–water partition coefficient (Wildman–Crippen LogP) is 0.147. The lowest BCUT2D eigenvalue weighted by atomic mass is 10.4. The van der Waals surface area contributed by atoms with Gasteiger partial charge in [0.15, 0.2) is 0 Å². The van der Waals surface area contributed by atoms with Crippen LogP contribution in [-0.2, 0) is 20.9 Å². The van der Waals surface area contributed by atoms with Crippen molar-refractivity contribution in [1.29, 1.82) is 0 Å². The van der Waals surface area contributed by atoms with Gasteiger partial charge in [-0.1, -0.05) is 6.07 Å². The van der Waals surface area contributed by atoms with E-state index in [-0.39, 0.29) is 12.2 Å². The van der Waals surface area contributed by atoms with E-state index in [1.807, 2.05) is 0 Å². The van der Waals surface area contributed by atoms with E-state index in [4.69, 9.17) is 4.74 Å². The van der Waals surface area contributed by atoms with Crippen molar-refractivity contribution in [2.45, 2.75) is 6.54 Å². The Balaban J connectivity index is 2.39. The van der Waals surface area contributed by atoms with Gasteiger partial charge in [0, 0.05) is 18.3 Å². The monoisotopic (exact) mass is 221 g/mol. The van der Waals surface area contributed by atoms with Gasteiger partial charge >= 0.3 is 5.97 Å². The average molecular weight is 221 g/mol. The third-order valence-electron chi connectivity index (χ3n) is 1.79. The standard InChI is InChI=1S/C11H11NO4/c13-8-3-5-11(15)16-9-7-12-6-2-1-4-10(12)14/h1-6,8H,7,9H2/b5-3+. The first-order valence-corrected chi connectivity index (χ1v) is 4.68. The number of allylic oxidation sites excluding steroid dienone is 1. The lowest BCUT2D eigenvalue weighted by molar-refractivity contribution is -0.138. The fraction of sp³-hybridized carbons (Fsp3) is 0.182. The van der Waals surface area contributed by atoms with Crippen molar-refractivity contribution in [3.8, 4) is 0 Å². The molecule has 0 amide bonds. The molecule has 1 aromatic rings. The van der Waals surface area contributed by atoms with Crippen LogP contribution in [0.5, 0.6) is 0 Å². The van der Waals surface area contributed by atoms with E-state index < -0.39 is 5.97 Å². The summed E-state index contributed by atoms with van der Waals surface area (Å²) in [5.74, 6) is -0.601. The number of ether oxygens (including phenoxy) is 1. The Labute approximate surface area is 92.0 Å². The molecule has 0 aromatic carbocycles. The van der Waals surface area contributed by atoms with Crippen molar-refractivity contribution < 1.29 is 14.3 Å². The quantitative estimate of drug-likeness (QED) is 0.403. The summed E-state index contributed by atoms with van der Waals surface area (Å²) in [5, 5.41) is 0. The highest BCUT2D eigenvalue weighted by molar-refractivity contribution is 5.86. The van der Waals surface area contributed by atoms with Gasteiger partial charge in [-0.05, 0) is 12.1 Å². The lowest BCUT2D eigenvalue weighted by Gasteiger charge is -2.04. The number of hydrogen-bond acceptors (Lipinski definition) is 4. The minimum Gasteiger partial charge on any atom is -0.461 e. The van der Waals surface area contributed by atoms with Gasteiger partial charge in [-0.2, -0.15) is 0 Å². The van der Waals surface area contributed by atoms with Crippen LogP contribution in [0.3, 0.4) is 0 Å². The molecule has 0 aliphatic carbocycles. The van der Waals surface area contributed by atoms with Gasteiger partial charge < -0.3 is 9.30 Å². The first-order chi connectivity index (χ1) is 7.74. The lowest BCUT2D eigenvalue weighted by Crippen LogP contribution is -2.21. The minimum atomic E-state index is -0.601. The fourth-order valence-corrected chi connectivity index (χ4v) is 1.06. The van der Waals surface area contributed by atoms with Gasteiger partial charge in [0.2, 0.25) is 0 Å². The van der Waals surface area contributed by atoms with E-state index in [9.17, 15) is 14.4 Å². The van der Waals surface area contributed by atoms with Crippen molar-refractivity contribution in [2.24, 2.45) is 0 Å². The number of carbonyl (C=O) groups excluding carboxylic acids is 2. The summed E-state index contributed by atoms with van der Waals surface area (Å²) in [6.07, 6.45) is 4.18. The van der Waals surface area contributed by atoms with Gasteiger partial charge in [0.1, 0.15) is 12.9 Å². The van der Waals surface area contributed by atoms with Crippen LogP contribution in [0.2, 0.25) is 0 Å². The number of aldehydes is 1. The summed E-state index contributed by atoms with van der Waals surface area (Å²) in [6, 6.07) is 4.78. The first-order valence-electron chi connectivity index (χ1n) is 4.68. The van der Waals surface area contributed by atoms with Gasteiger partial charge in [0.05, 0.1) is 6.54 Å². The molecular formula is C11H11NO4. The van der Waals surface area contributed by atoms with Crippen LogP contribution in [-0.4, -0.2) is 23.4 Å². The predicted molar refractivity (Wildman–Crippen MR) is 56.9 cm³/mol. The normalized spacial score (nSPS) is 10.2. The molecular weight excluding hydrogens is 210 g/mol. The maximum Gasteiger partial charge on any atom is 0.330 e. The second-order valence-corrected chi connectivity index (χ2v) is 2.89. The highest BCUT2D eigenvalue weighted by atomic mass is 16.5.